The molecule has 132 valence electrons. The second-order valence-corrected chi connectivity index (χ2v) is 6.70. The first-order valence-electron chi connectivity index (χ1n) is 8.37. The monoisotopic (exact) mass is 360 g/mol. The first-order chi connectivity index (χ1) is 12.1. The average Bonchev–Trinajstić information content (AvgIpc) is 2.64. The van der Waals surface area contributed by atoms with Crippen molar-refractivity contribution in [1.29, 1.82) is 0 Å². The van der Waals surface area contributed by atoms with Crippen LogP contribution in [0, 0.1) is 5.41 Å². The predicted octanol–water partition coefficient (Wildman–Crippen LogP) is 3.88. The minimum absolute atomic E-state index is 0.390. The summed E-state index contributed by atoms with van der Waals surface area (Å²) in [4.78, 5) is 18.3. The largest absolute Gasteiger partial charge is 0.494 e. The third-order valence-electron chi connectivity index (χ3n) is 4.81. The molecule has 1 aromatic carbocycles. The second kappa shape index (κ2) is 7.74. The third kappa shape index (κ3) is 4.04. The summed E-state index contributed by atoms with van der Waals surface area (Å²) >= 11 is 6.20. The number of aliphatic carboxylic acids is 1. The molecule has 6 heteroatoms. The molecule has 0 spiro atoms. The van der Waals surface area contributed by atoms with Gasteiger partial charge in [0.25, 0.3) is 0 Å². The van der Waals surface area contributed by atoms with E-state index in [4.69, 9.17) is 16.3 Å². The zero-order valence-corrected chi connectivity index (χ0v) is 14.7. The van der Waals surface area contributed by atoms with Gasteiger partial charge in [0.05, 0.1) is 17.0 Å². The lowest BCUT2D eigenvalue weighted by Crippen LogP contribution is -2.45. The van der Waals surface area contributed by atoms with Gasteiger partial charge in [-0.05, 0) is 43.5 Å². The van der Waals surface area contributed by atoms with Crippen LogP contribution in [0.15, 0.2) is 48.7 Å². The Morgan fingerprint density at radius 1 is 1.20 bits per heavy atom. The van der Waals surface area contributed by atoms with Crippen LogP contribution in [-0.2, 0) is 4.79 Å². The van der Waals surface area contributed by atoms with E-state index in [1.54, 1.807) is 18.3 Å². The number of ether oxygens (including phenoxy) is 1. The van der Waals surface area contributed by atoms with Crippen LogP contribution in [-0.4, -0.2) is 35.8 Å². The Balaban J connectivity index is 1.61. The normalized spacial score (nSPS) is 16.4. The fourth-order valence-corrected chi connectivity index (χ4v) is 3.45. The molecule has 1 aliphatic rings. The summed E-state index contributed by atoms with van der Waals surface area (Å²) in [6.07, 6.45) is 3.29. The number of hydrogen-bond donors (Lipinski definition) is 1. The first kappa shape index (κ1) is 17.5. The van der Waals surface area contributed by atoms with Crippen LogP contribution in [0.2, 0.25) is 5.02 Å². The highest BCUT2D eigenvalue weighted by Gasteiger charge is 2.41. The second-order valence-electron chi connectivity index (χ2n) is 6.29. The Labute approximate surface area is 152 Å². The van der Waals surface area contributed by atoms with Crippen LogP contribution in [0.1, 0.15) is 19.3 Å². The van der Waals surface area contributed by atoms with Crippen molar-refractivity contribution >= 4 is 23.4 Å². The molecule has 0 bridgehead atoms. The molecule has 0 aliphatic carbocycles. The number of pyridine rings is 1. The molecule has 1 N–H and O–H groups in total. The van der Waals surface area contributed by atoms with Gasteiger partial charge in [0.2, 0.25) is 0 Å². The Hall–Kier alpha value is -2.27. The molecular weight excluding hydrogens is 340 g/mol. The molecule has 0 radical (unpaired) electrons. The number of carboxylic acids is 1. The summed E-state index contributed by atoms with van der Waals surface area (Å²) in [5.74, 6) is 0.736. The molecule has 0 saturated carbocycles. The standard InChI is InChI=1S/C19H21ClN2O3/c20-16-7-4-11-21-17(16)22-12-8-19(9-13-22,18(23)24)10-14-25-15-5-2-1-3-6-15/h1-7,11H,8-10,12-14H2,(H,23,24). The van der Waals surface area contributed by atoms with Crippen LogP contribution in [0.5, 0.6) is 5.75 Å². The van der Waals surface area contributed by atoms with E-state index < -0.39 is 11.4 Å². The van der Waals surface area contributed by atoms with Crippen LogP contribution in [0.4, 0.5) is 5.82 Å². The fourth-order valence-electron chi connectivity index (χ4n) is 3.21. The van der Waals surface area contributed by atoms with Crippen molar-refractivity contribution in [3.8, 4) is 5.75 Å². The molecule has 0 unspecified atom stereocenters. The number of anilines is 1. The van der Waals surface area contributed by atoms with Gasteiger partial charge >= 0.3 is 5.97 Å². The predicted molar refractivity (Wildman–Crippen MR) is 97.3 cm³/mol. The van der Waals surface area contributed by atoms with Crippen molar-refractivity contribution in [3.05, 3.63) is 53.7 Å². The lowest BCUT2D eigenvalue weighted by Gasteiger charge is -2.39. The smallest absolute Gasteiger partial charge is 0.309 e. The van der Waals surface area contributed by atoms with E-state index in [1.807, 2.05) is 30.3 Å². The Morgan fingerprint density at radius 3 is 2.56 bits per heavy atom. The number of piperidine rings is 1. The number of para-hydroxylation sites is 1. The van der Waals surface area contributed by atoms with Crippen molar-refractivity contribution in [1.82, 2.24) is 4.98 Å². The summed E-state index contributed by atoms with van der Waals surface area (Å²) in [6.45, 7) is 1.63. The number of aromatic nitrogens is 1. The van der Waals surface area contributed by atoms with E-state index >= 15 is 0 Å². The molecule has 1 saturated heterocycles. The first-order valence-corrected chi connectivity index (χ1v) is 8.75. The van der Waals surface area contributed by atoms with Gasteiger partial charge < -0.3 is 14.7 Å². The van der Waals surface area contributed by atoms with E-state index in [-0.39, 0.29) is 0 Å². The van der Waals surface area contributed by atoms with Crippen molar-refractivity contribution in [2.75, 3.05) is 24.6 Å². The van der Waals surface area contributed by atoms with Gasteiger partial charge in [-0.3, -0.25) is 4.79 Å². The van der Waals surface area contributed by atoms with E-state index in [0.717, 1.165) is 11.6 Å². The SMILES string of the molecule is O=C(O)C1(CCOc2ccccc2)CCN(c2ncccc2Cl)CC1. The van der Waals surface area contributed by atoms with E-state index in [2.05, 4.69) is 9.88 Å². The van der Waals surface area contributed by atoms with E-state index in [1.165, 1.54) is 0 Å². The number of carbonyl (C=O) groups is 1. The lowest BCUT2D eigenvalue weighted by molar-refractivity contribution is -0.151. The zero-order valence-electron chi connectivity index (χ0n) is 13.9. The molecule has 1 aromatic heterocycles. The van der Waals surface area contributed by atoms with Crippen molar-refractivity contribution in [3.63, 3.8) is 0 Å². The van der Waals surface area contributed by atoms with Gasteiger partial charge in [0, 0.05) is 19.3 Å². The molecule has 25 heavy (non-hydrogen) atoms. The summed E-state index contributed by atoms with van der Waals surface area (Å²) in [6, 6.07) is 13.1. The van der Waals surface area contributed by atoms with Gasteiger partial charge in [0.1, 0.15) is 11.6 Å². The van der Waals surface area contributed by atoms with Crippen LogP contribution >= 0.6 is 11.6 Å². The van der Waals surface area contributed by atoms with Gasteiger partial charge in [-0.2, -0.15) is 0 Å². The van der Waals surface area contributed by atoms with Crippen molar-refractivity contribution < 1.29 is 14.6 Å². The number of nitrogens with zero attached hydrogens (tertiary/aromatic N) is 2. The van der Waals surface area contributed by atoms with E-state index in [9.17, 15) is 9.90 Å². The Morgan fingerprint density at radius 2 is 1.92 bits per heavy atom. The maximum Gasteiger partial charge on any atom is 0.309 e. The minimum Gasteiger partial charge on any atom is -0.494 e. The van der Waals surface area contributed by atoms with Crippen LogP contribution < -0.4 is 9.64 Å². The lowest BCUT2D eigenvalue weighted by atomic mass is 9.76. The molecule has 0 amide bonds. The van der Waals surface area contributed by atoms with Crippen molar-refractivity contribution in [2.45, 2.75) is 19.3 Å². The summed E-state index contributed by atoms with van der Waals surface area (Å²) in [7, 11) is 0. The molecular formula is C19H21ClN2O3. The van der Waals surface area contributed by atoms with Crippen LogP contribution in [0.25, 0.3) is 0 Å². The molecule has 0 atom stereocenters. The van der Waals surface area contributed by atoms with Crippen molar-refractivity contribution in [2.24, 2.45) is 5.41 Å². The Bertz CT molecular complexity index is 716. The fraction of sp³-hybridized carbons (Fsp3) is 0.368. The number of hydrogen-bond acceptors (Lipinski definition) is 4. The summed E-state index contributed by atoms with van der Waals surface area (Å²) in [5, 5.41) is 10.4. The maximum absolute atomic E-state index is 11.9. The quantitative estimate of drug-likeness (QED) is 0.847. The molecule has 1 fully saturated rings. The molecule has 1 aliphatic heterocycles. The number of halogens is 1. The molecule has 5 nitrogen and oxygen atoms in total. The minimum atomic E-state index is -0.757. The van der Waals surface area contributed by atoms with Gasteiger partial charge in [-0.15, -0.1) is 0 Å². The highest BCUT2D eigenvalue weighted by atomic mass is 35.5. The third-order valence-corrected chi connectivity index (χ3v) is 5.10. The summed E-state index contributed by atoms with van der Waals surface area (Å²) in [5.41, 5.74) is -0.757. The summed E-state index contributed by atoms with van der Waals surface area (Å²) < 4.78 is 5.70. The topological polar surface area (TPSA) is 62.7 Å². The number of rotatable bonds is 6. The molecule has 2 heterocycles. The zero-order chi connectivity index (χ0) is 17.7. The molecule has 3 rings (SSSR count). The maximum atomic E-state index is 11.9. The highest BCUT2D eigenvalue weighted by molar-refractivity contribution is 6.32. The van der Waals surface area contributed by atoms with Gasteiger partial charge in [-0.25, -0.2) is 4.98 Å². The highest BCUT2D eigenvalue weighted by Crippen LogP contribution is 2.38. The van der Waals surface area contributed by atoms with E-state index in [0.29, 0.717) is 44.0 Å². The molecule has 2 aromatic rings. The average molecular weight is 361 g/mol. The van der Waals surface area contributed by atoms with Gasteiger partial charge in [-0.1, -0.05) is 29.8 Å². The number of benzene rings is 1. The number of carboxylic acid groups (broad SMARTS) is 1. The van der Waals surface area contributed by atoms with Gasteiger partial charge in [0.15, 0.2) is 0 Å². The van der Waals surface area contributed by atoms with Crippen LogP contribution in [0.3, 0.4) is 0 Å². The Kier molecular flexibility index (Phi) is 5.43.